The molecule has 0 saturated carbocycles. The Morgan fingerprint density at radius 3 is 2.38 bits per heavy atom. The molecule has 1 amide bonds. The van der Waals surface area contributed by atoms with Crippen molar-refractivity contribution in [2.45, 2.75) is 52.6 Å². The molecule has 0 heterocycles. The minimum absolute atomic E-state index is 0.0163. The molecule has 0 spiro atoms. The smallest absolute Gasteiger partial charge is 0.252 e. The molecular weight excluding hydrogens is 310 g/mol. The van der Waals surface area contributed by atoms with E-state index in [9.17, 15) is 9.90 Å². The Morgan fingerprint density at radius 1 is 1.12 bits per heavy atom. The SMILES string of the molecule is CC(C)NC(=O)C(O)COc1ccc(COCCOC(C)C)cc1. The molecule has 136 valence electrons. The molecule has 24 heavy (non-hydrogen) atoms. The molecule has 1 aromatic rings. The van der Waals surface area contributed by atoms with Crippen LogP contribution in [-0.2, 0) is 20.9 Å². The highest BCUT2D eigenvalue weighted by atomic mass is 16.5. The number of hydrogen-bond acceptors (Lipinski definition) is 5. The van der Waals surface area contributed by atoms with Crippen molar-refractivity contribution in [2.24, 2.45) is 0 Å². The van der Waals surface area contributed by atoms with Crippen LogP contribution in [-0.4, -0.2) is 49.1 Å². The fourth-order valence-corrected chi connectivity index (χ4v) is 1.85. The van der Waals surface area contributed by atoms with Crippen LogP contribution in [0.5, 0.6) is 5.75 Å². The Morgan fingerprint density at radius 2 is 1.79 bits per heavy atom. The zero-order valence-electron chi connectivity index (χ0n) is 15.0. The van der Waals surface area contributed by atoms with E-state index >= 15 is 0 Å². The highest BCUT2D eigenvalue weighted by Gasteiger charge is 2.16. The fourth-order valence-electron chi connectivity index (χ4n) is 1.85. The Balaban J connectivity index is 2.28. The lowest BCUT2D eigenvalue weighted by Crippen LogP contribution is -2.41. The number of carbonyl (C=O) groups excluding carboxylic acids is 1. The summed E-state index contributed by atoms with van der Waals surface area (Å²) in [4.78, 5) is 11.6. The van der Waals surface area contributed by atoms with Crippen LogP contribution in [0.4, 0.5) is 0 Å². The Hall–Kier alpha value is -1.63. The molecule has 1 aromatic carbocycles. The molecule has 0 fully saturated rings. The van der Waals surface area contributed by atoms with Gasteiger partial charge in [-0.3, -0.25) is 4.79 Å². The van der Waals surface area contributed by atoms with Crippen LogP contribution in [0, 0.1) is 0 Å². The summed E-state index contributed by atoms with van der Waals surface area (Å²) in [5, 5.41) is 12.4. The first-order valence-corrected chi connectivity index (χ1v) is 8.28. The number of benzene rings is 1. The first-order chi connectivity index (χ1) is 11.4. The second kappa shape index (κ2) is 11.0. The highest BCUT2D eigenvalue weighted by molar-refractivity contribution is 5.80. The van der Waals surface area contributed by atoms with Crippen molar-refractivity contribution < 1.29 is 24.1 Å². The minimum atomic E-state index is -1.18. The molecule has 0 radical (unpaired) electrons. The van der Waals surface area contributed by atoms with Crippen molar-refractivity contribution in [1.29, 1.82) is 0 Å². The van der Waals surface area contributed by atoms with Gasteiger partial charge in [0.25, 0.3) is 5.91 Å². The van der Waals surface area contributed by atoms with Gasteiger partial charge in [-0.2, -0.15) is 0 Å². The molecule has 6 heteroatoms. The number of hydrogen-bond donors (Lipinski definition) is 2. The monoisotopic (exact) mass is 339 g/mol. The van der Waals surface area contributed by atoms with E-state index in [-0.39, 0.29) is 18.8 Å². The van der Waals surface area contributed by atoms with Crippen LogP contribution in [0.25, 0.3) is 0 Å². The summed E-state index contributed by atoms with van der Waals surface area (Å²) < 4.78 is 16.3. The molecule has 0 aliphatic rings. The number of aliphatic hydroxyl groups is 1. The van der Waals surface area contributed by atoms with E-state index in [2.05, 4.69) is 5.32 Å². The number of carbonyl (C=O) groups is 1. The molecule has 0 aromatic heterocycles. The summed E-state index contributed by atoms with van der Waals surface area (Å²) in [5.41, 5.74) is 1.02. The standard InChI is InChI=1S/C18H29NO5/c1-13(2)19-18(21)17(20)12-24-16-7-5-15(6-8-16)11-22-9-10-23-14(3)4/h5-8,13-14,17,20H,9-12H2,1-4H3,(H,19,21). The lowest BCUT2D eigenvalue weighted by molar-refractivity contribution is -0.131. The minimum Gasteiger partial charge on any atom is -0.490 e. The van der Waals surface area contributed by atoms with Gasteiger partial charge in [-0.15, -0.1) is 0 Å². The quantitative estimate of drug-likeness (QED) is 0.602. The molecule has 0 saturated heterocycles. The number of rotatable bonds is 11. The molecule has 2 N–H and O–H groups in total. The Kier molecular flexibility index (Phi) is 9.37. The van der Waals surface area contributed by atoms with Gasteiger partial charge in [0.15, 0.2) is 6.10 Å². The lowest BCUT2D eigenvalue weighted by Gasteiger charge is -2.14. The van der Waals surface area contributed by atoms with E-state index in [4.69, 9.17) is 14.2 Å². The van der Waals surface area contributed by atoms with E-state index in [1.54, 1.807) is 12.1 Å². The topological polar surface area (TPSA) is 77.0 Å². The van der Waals surface area contributed by atoms with E-state index < -0.39 is 12.0 Å². The van der Waals surface area contributed by atoms with E-state index in [1.165, 1.54) is 0 Å². The maximum Gasteiger partial charge on any atom is 0.252 e. The molecule has 6 nitrogen and oxygen atoms in total. The molecule has 1 unspecified atom stereocenters. The van der Waals surface area contributed by atoms with Crippen molar-refractivity contribution in [3.05, 3.63) is 29.8 Å². The average molecular weight is 339 g/mol. The summed E-state index contributed by atoms with van der Waals surface area (Å²) in [6.07, 6.45) is -0.973. The van der Waals surface area contributed by atoms with Gasteiger partial charge in [-0.25, -0.2) is 0 Å². The molecule has 0 aliphatic heterocycles. The maximum atomic E-state index is 11.6. The van der Waals surface area contributed by atoms with E-state index in [1.807, 2.05) is 39.8 Å². The normalized spacial score (nSPS) is 12.5. The van der Waals surface area contributed by atoms with Crippen LogP contribution < -0.4 is 10.1 Å². The first kappa shape index (κ1) is 20.4. The second-order valence-electron chi connectivity index (χ2n) is 6.11. The zero-order chi connectivity index (χ0) is 17.9. The van der Waals surface area contributed by atoms with Gasteiger partial charge in [0, 0.05) is 6.04 Å². The summed E-state index contributed by atoms with van der Waals surface area (Å²) in [7, 11) is 0. The lowest BCUT2D eigenvalue weighted by atomic mass is 10.2. The van der Waals surface area contributed by atoms with E-state index in [0.717, 1.165) is 5.56 Å². The van der Waals surface area contributed by atoms with Crippen LogP contribution in [0.3, 0.4) is 0 Å². The van der Waals surface area contributed by atoms with Gasteiger partial charge < -0.3 is 24.6 Å². The molecular formula is C18H29NO5. The summed E-state index contributed by atoms with van der Waals surface area (Å²) in [6.45, 7) is 9.19. The largest absolute Gasteiger partial charge is 0.490 e. The molecule has 0 aliphatic carbocycles. The van der Waals surface area contributed by atoms with Crippen molar-refractivity contribution >= 4 is 5.91 Å². The highest BCUT2D eigenvalue weighted by Crippen LogP contribution is 2.13. The van der Waals surface area contributed by atoms with Crippen molar-refractivity contribution in [3.8, 4) is 5.75 Å². The van der Waals surface area contributed by atoms with Crippen LogP contribution in [0.15, 0.2) is 24.3 Å². The van der Waals surface area contributed by atoms with Gasteiger partial charge in [0.1, 0.15) is 12.4 Å². The predicted molar refractivity (Wildman–Crippen MR) is 92.0 cm³/mol. The number of amides is 1. The Labute approximate surface area is 144 Å². The van der Waals surface area contributed by atoms with Gasteiger partial charge in [-0.1, -0.05) is 12.1 Å². The van der Waals surface area contributed by atoms with Gasteiger partial charge in [0.2, 0.25) is 0 Å². The third kappa shape index (κ3) is 8.86. The maximum absolute atomic E-state index is 11.6. The second-order valence-corrected chi connectivity index (χ2v) is 6.11. The van der Waals surface area contributed by atoms with Gasteiger partial charge in [0.05, 0.1) is 25.9 Å². The summed E-state index contributed by atoms with van der Waals surface area (Å²) >= 11 is 0. The summed E-state index contributed by atoms with van der Waals surface area (Å²) in [6, 6.07) is 7.34. The average Bonchev–Trinajstić information content (AvgIpc) is 2.52. The zero-order valence-corrected chi connectivity index (χ0v) is 15.0. The molecule has 1 atom stereocenters. The van der Waals surface area contributed by atoms with Crippen LogP contribution in [0.2, 0.25) is 0 Å². The van der Waals surface area contributed by atoms with Gasteiger partial charge >= 0.3 is 0 Å². The number of aliphatic hydroxyl groups excluding tert-OH is 1. The van der Waals surface area contributed by atoms with Crippen molar-refractivity contribution in [1.82, 2.24) is 5.32 Å². The molecule has 0 bridgehead atoms. The number of ether oxygens (including phenoxy) is 3. The Bertz CT molecular complexity index is 473. The fraction of sp³-hybridized carbons (Fsp3) is 0.611. The third-order valence-electron chi connectivity index (χ3n) is 3.01. The summed E-state index contributed by atoms with van der Waals surface area (Å²) in [5.74, 6) is 0.164. The first-order valence-electron chi connectivity index (χ1n) is 8.28. The van der Waals surface area contributed by atoms with E-state index in [0.29, 0.717) is 25.6 Å². The van der Waals surface area contributed by atoms with Gasteiger partial charge in [-0.05, 0) is 45.4 Å². The predicted octanol–water partition coefficient (Wildman–Crippen LogP) is 1.89. The third-order valence-corrected chi connectivity index (χ3v) is 3.01. The van der Waals surface area contributed by atoms with Crippen molar-refractivity contribution in [3.63, 3.8) is 0 Å². The number of nitrogens with one attached hydrogen (secondary N) is 1. The van der Waals surface area contributed by atoms with Crippen molar-refractivity contribution in [2.75, 3.05) is 19.8 Å². The van der Waals surface area contributed by atoms with Crippen LogP contribution in [0.1, 0.15) is 33.3 Å². The van der Waals surface area contributed by atoms with Crippen LogP contribution >= 0.6 is 0 Å². The molecule has 1 rings (SSSR count).